The van der Waals surface area contributed by atoms with Crippen molar-refractivity contribution in [3.05, 3.63) is 24.0 Å². The van der Waals surface area contributed by atoms with Crippen LogP contribution in [0.2, 0.25) is 0 Å². The van der Waals surface area contributed by atoms with Gasteiger partial charge < -0.3 is 9.67 Å². The van der Waals surface area contributed by atoms with E-state index in [9.17, 15) is 5.11 Å². The summed E-state index contributed by atoms with van der Waals surface area (Å²) in [6, 6.07) is 6.23. The molecule has 0 amide bonds. The van der Waals surface area contributed by atoms with E-state index >= 15 is 0 Å². The Kier molecular flexibility index (Phi) is 4.03. The smallest absolute Gasteiger partial charge is 0.117 e. The van der Waals surface area contributed by atoms with Gasteiger partial charge in [0.05, 0.1) is 11.0 Å². The molecule has 2 aromatic rings. The highest BCUT2D eigenvalue weighted by molar-refractivity contribution is 5.77. The lowest BCUT2D eigenvalue weighted by Gasteiger charge is -2.43. The van der Waals surface area contributed by atoms with Crippen molar-refractivity contribution in [3.8, 4) is 5.75 Å². The molecule has 4 nitrogen and oxygen atoms in total. The maximum absolute atomic E-state index is 9.90. The first kappa shape index (κ1) is 15.9. The van der Waals surface area contributed by atoms with E-state index in [-0.39, 0.29) is 0 Å². The van der Waals surface area contributed by atoms with E-state index in [1.807, 2.05) is 12.1 Å². The molecule has 5 unspecified atom stereocenters. The highest BCUT2D eigenvalue weighted by Crippen LogP contribution is 2.37. The molecule has 0 radical (unpaired) electrons. The number of rotatable bonds is 1. The maximum Gasteiger partial charge on any atom is 0.117 e. The van der Waals surface area contributed by atoms with Gasteiger partial charge in [0, 0.05) is 37.7 Å². The number of fused-ring (bicyclic) bond motifs is 5. The van der Waals surface area contributed by atoms with Gasteiger partial charge in [0.15, 0.2) is 0 Å². The van der Waals surface area contributed by atoms with E-state index in [1.54, 1.807) is 6.07 Å². The molecular formula is C20H29N3O. The third-order valence-electron chi connectivity index (χ3n) is 6.41. The largest absolute Gasteiger partial charge is 0.508 e. The summed E-state index contributed by atoms with van der Waals surface area (Å²) in [7, 11) is 0. The second-order valence-electron chi connectivity index (χ2n) is 7.94. The van der Waals surface area contributed by atoms with Crippen LogP contribution < -0.4 is 0 Å². The fourth-order valence-corrected chi connectivity index (χ4v) is 5.04. The average Bonchev–Trinajstić information content (AvgIpc) is 2.93. The predicted molar refractivity (Wildman–Crippen MR) is 97.4 cm³/mol. The van der Waals surface area contributed by atoms with E-state index in [0.717, 1.165) is 36.0 Å². The summed E-state index contributed by atoms with van der Waals surface area (Å²) < 4.78 is 2.36. The highest BCUT2D eigenvalue weighted by atomic mass is 16.3. The van der Waals surface area contributed by atoms with E-state index in [4.69, 9.17) is 4.98 Å². The van der Waals surface area contributed by atoms with Crippen LogP contribution >= 0.6 is 0 Å². The van der Waals surface area contributed by atoms with E-state index in [2.05, 4.69) is 30.2 Å². The second-order valence-corrected chi connectivity index (χ2v) is 7.94. The number of hydrogen-bond acceptors (Lipinski definition) is 3. The first-order chi connectivity index (χ1) is 11.6. The number of aromatic hydroxyl groups is 1. The van der Waals surface area contributed by atoms with Crippen LogP contribution in [0.5, 0.6) is 5.75 Å². The Morgan fingerprint density at radius 3 is 2.83 bits per heavy atom. The zero-order valence-corrected chi connectivity index (χ0v) is 15.1. The van der Waals surface area contributed by atoms with Gasteiger partial charge in [-0.05, 0) is 43.7 Å². The van der Waals surface area contributed by atoms with Gasteiger partial charge in [-0.25, -0.2) is 4.98 Å². The molecule has 1 N–H and O–H groups in total. The lowest BCUT2D eigenvalue weighted by molar-refractivity contribution is 0.0584. The summed E-state index contributed by atoms with van der Waals surface area (Å²) >= 11 is 0. The number of phenols is 1. The minimum atomic E-state index is 0.330. The molecule has 0 saturated carbocycles. The summed E-state index contributed by atoms with van der Waals surface area (Å²) in [5.41, 5.74) is 2.09. The van der Waals surface area contributed by atoms with Gasteiger partial charge in [-0.1, -0.05) is 20.3 Å². The van der Waals surface area contributed by atoms with Gasteiger partial charge in [-0.2, -0.15) is 0 Å². The van der Waals surface area contributed by atoms with Gasteiger partial charge in [0.2, 0.25) is 0 Å². The van der Waals surface area contributed by atoms with E-state index in [0.29, 0.717) is 17.7 Å². The normalized spacial score (nSPS) is 33.5. The number of phenolic OH excluding ortho intramolecular Hbond substituents is 1. The first-order valence-corrected chi connectivity index (χ1v) is 9.50. The average molecular weight is 327 g/mol. The van der Waals surface area contributed by atoms with Crippen molar-refractivity contribution in [3.63, 3.8) is 0 Å². The third kappa shape index (κ3) is 2.61. The van der Waals surface area contributed by atoms with E-state index in [1.165, 1.54) is 31.6 Å². The molecular weight excluding hydrogens is 298 g/mol. The molecule has 1 saturated heterocycles. The van der Waals surface area contributed by atoms with Gasteiger partial charge in [-0.3, -0.25) is 4.90 Å². The number of piperidine rings is 1. The second kappa shape index (κ2) is 6.07. The molecule has 5 atom stereocenters. The van der Waals surface area contributed by atoms with Crippen LogP contribution in [0.3, 0.4) is 0 Å². The highest BCUT2D eigenvalue weighted by Gasteiger charge is 2.35. The molecule has 2 aliphatic heterocycles. The summed E-state index contributed by atoms with van der Waals surface area (Å²) in [5.74, 6) is 3.60. The molecule has 130 valence electrons. The Bertz CT molecular complexity index is 738. The quantitative estimate of drug-likeness (QED) is 0.861. The van der Waals surface area contributed by atoms with Crippen LogP contribution in [0.15, 0.2) is 18.2 Å². The summed E-state index contributed by atoms with van der Waals surface area (Å²) in [6.45, 7) is 10.3. The lowest BCUT2D eigenvalue weighted by Crippen LogP contribution is -2.47. The molecule has 0 spiro atoms. The molecule has 3 heterocycles. The Hall–Kier alpha value is -1.55. The zero-order valence-electron chi connectivity index (χ0n) is 15.1. The summed E-state index contributed by atoms with van der Waals surface area (Å²) in [6.07, 6.45) is 3.86. The van der Waals surface area contributed by atoms with Crippen LogP contribution in [-0.4, -0.2) is 38.7 Å². The molecule has 4 rings (SSSR count). The Morgan fingerprint density at radius 1 is 1.21 bits per heavy atom. The van der Waals surface area contributed by atoms with Crippen molar-refractivity contribution < 1.29 is 5.11 Å². The standard InChI is InChI=1S/C20H29N3O/c1-4-16-10-15-9-13(2)20-21-18-6-5-17(24)11-19(18)23(20)8-7-22(12-15)14(16)3/h5-6,11,13-16,24H,4,7-10,12H2,1-3H3. The third-order valence-corrected chi connectivity index (χ3v) is 6.41. The summed E-state index contributed by atoms with van der Waals surface area (Å²) in [5, 5.41) is 9.90. The number of hydrogen-bond donors (Lipinski definition) is 1. The number of imidazole rings is 1. The lowest BCUT2D eigenvalue weighted by atomic mass is 9.79. The molecule has 2 bridgehead atoms. The number of benzene rings is 1. The Morgan fingerprint density at radius 2 is 2.04 bits per heavy atom. The van der Waals surface area contributed by atoms with Gasteiger partial charge in [0.25, 0.3) is 0 Å². The van der Waals surface area contributed by atoms with Crippen LogP contribution in [0.4, 0.5) is 0 Å². The number of aromatic nitrogens is 2. The minimum Gasteiger partial charge on any atom is -0.508 e. The molecule has 4 heteroatoms. The fraction of sp³-hybridized carbons (Fsp3) is 0.650. The zero-order chi connectivity index (χ0) is 16.8. The maximum atomic E-state index is 9.90. The van der Waals surface area contributed by atoms with Crippen molar-refractivity contribution in [2.75, 3.05) is 13.1 Å². The monoisotopic (exact) mass is 327 g/mol. The van der Waals surface area contributed by atoms with E-state index < -0.39 is 0 Å². The molecule has 2 aliphatic rings. The summed E-state index contributed by atoms with van der Waals surface area (Å²) in [4.78, 5) is 7.62. The van der Waals surface area contributed by atoms with Crippen molar-refractivity contribution in [2.24, 2.45) is 11.8 Å². The SMILES string of the molecule is CCC1CC2CC(C)c3nc4ccc(O)cc4n3CCN(C2)C1C. The minimum absolute atomic E-state index is 0.330. The van der Waals surface area contributed by atoms with Crippen molar-refractivity contribution in [1.82, 2.24) is 14.5 Å². The van der Waals surface area contributed by atoms with Crippen LogP contribution in [0, 0.1) is 11.8 Å². The van der Waals surface area contributed by atoms with Crippen molar-refractivity contribution in [2.45, 2.75) is 58.5 Å². The molecule has 1 aromatic heterocycles. The number of nitrogens with zero attached hydrogens (tertiary/aromatic N) is 3. The first-order valence-electron chi connectivity index (χ1n) is 9.50. The van der Waals surface area contributed by atoms with Gasteiger partial charge >= 0.3 is 0 Å². The van der Waals surface area contributed by atoms with Crippen LogP contribution in [0.25, 0.3) is 11.0 Å². The van der Waals surface area contributed by atoms with Crippen LogP contribution in [0.1, 0.15) is 51.8 Å². The molecule has 24 heavy (non-hydrogen) atoms. The van der Waals surface area contributed by atoms with Crippen molar-refractivity contribution in [1.29, 1.82) is 0 Å². The van der Waals surface area contributed by atoms with Gasteiger partial charge in [0.1, 0.15) is 11.6 Å². The van der Waals surface area contributed by atoms with Crippen molar-refractivity contribution >= 4 is 11.0 Å². The fourth-order valence-electron chi connectivity index (χ4n) is 5.04. The molecule has 0 aliphatic carbocycles. The predicted octanol–water partition coefficient (Wildman–Crippen LogP) is 3.99. The topological polar surface area (TPSA) is 41.3 Å². The van der Waals surface area contributed by atoms with Gasteiger partial charge in [-0.15, -0.1) is 0 Å². The Balaban J connectivity index is 1.75. The molecule has 1 fully saturated rings. The van der Waals surface area contributed by atoms with Crippen LogP contribution in [-0.2, 0) is 6.54 Å². The molecule has 1 aromatic carbocycles. The Labute approximate surface area is 144 Å².